The van der Waals surface area contributed by atoms with Crippen LogP contribution < -0.4 is 5.32 Å². The summed E-state index contributed by atoms with van der Waals surface area (Å²) in [5, 5.41) is 2.70. The topological polar surface area (TPSA) is 88.6 Å². The van der Waals surface area contributed by atoms with E-state index in [1.807, 2.05) is 7.05 Å². The van der Waals surface area contributed by atoms with Gasteiger partial charge in [-0.2, -0.15) is 0 Å². The minimum absolute atomic E-state index is 0.0200. The smallest absolute Gasteiger partial charge is 0.337 e. The lowest BCUT2D eigenvalue weighted by atomic mass is 9.91. The molecule has 2 heterocycles. The lowest BCUT2D eigenvalue weighted by Crippen LogP contribution is -2.33. The van der Waals surface area contributed by atoms with E-state index in [-0.39, 0.29) is 17.6 Å². The zero-order valence-corrected chi connectivity index (χ0v) is 16.0. The van der Waals surface area contributed by atoms with Gasteiger partial charge >= 0.3 is 5.97 Å². The van der Waals surface area contributed by atoms with Crippen LogP contribution in [0.4, 0.5) is 5.82 Å². The highest BCUT2D eigenvalue weighted by molar-refractivity contribution is 6.04. The van der Waals surface area contributed by atoms with Crippen molar-refractivity contribution in [3.8, 4) is 0 Å². The summed E-state index contributed by atoms with van der Waals surface area (Å²) in [5.74, 6) is -0.519. The van der Waals surface area contributed by atoms with Crippen LogP contribution in [0.15, 0.2) is 42.5 Å². The molecular formula is C21H23N3O4. The maximum Gasteiger partial charge on any atom is 0.337 e. The predicted octanol–water partition coefficient (Wildman–Crippen LogP) is 2.65. The highest BCUT2D eigenvalue weighted by Gasteiger charge is 2.25. The number of esters is 1. The Morgan fingerprint density at radius 1 is 1.04 bits per heavy atom. The number of anilines is 1. The third-order valence-corrected chi connectivity index (χ3v) is 4.90. The average molecular weight is 381 g/mol. The van der Waals surface area contributed by atoms with Gasteiger partial charge in [-0.15, -0.1) is 0 Å². The molecule has 7 heteroatoms. The van der Waals surface area contributed by atoms with Crippen LogP contribution >= 0.6 is 0 Å². The Balaban J connectivity index is 1.67. The van der Waals surface area contributed by atoms with E-state index in [1.165, 1.54) is 31.4 Å². The van der Waals surface area contributed by atoms with Gasteiger partial charge < -0.3 is 15.0 Å². The van der Waals surface area contributed by atoms with E-state index in [9.17, 15) is 14.4 Å². The maximum atomic E-state index is 12.7. The van der Waals surface area contributed by atoms with Crippen molar-refractivity contribution in [1.29, 1.82) is 0 Å². The van der Waals surface area contributed by atoms with Crippen LogP contribution in [0, 0.1) is 5.92 Å². The van der Waals surface area contributed by atoms with Crippen LogP contribution in [0.2, 0.25) is 0 Å². The molecule has 1 aromatic carbocycles. The second kappa shape index (κ2) is 8.75. The normalized spacial score (nSPS) is 15.1. The average Bonchev–Trinajstić information content (AvgIpc) is 2.73. The Morgan fingerprint density at radius 3 is 2.32 bits per heavy atom. The summed E-state index contributed by atoms with van der Waals surface area (Å²) in [7, 11) is 3.35. The number of pyridine rings is 1. The fourth-order valence-electron chi connectivity index (χ4n) is 3.19. The van der Waals surface area contributed by atoms with Gasteiger partial charge in [-0.05, 0) is 69.4 Å². The number of benzene rings is 1. The molecule has 7 nitrogen and oxygen atoms in total. The van der Waals surface area contributed by atoms with E-state index >= 15 is 0 Å². The van der Waals surface area contributed by atoms with Gasteiger partial charge in [0.05, 0.1) is 12.7 Å². The number of aromatic nitrogens is 1. The van der Waals surface area contributed by atoms with Crippen LogP contribution in [-0.4, -0.2) is 54.8 Å². The summed E-state index contributed by atoms with van der Waals surface area (Å²) in [6.07, 6.45) is 1.64. The zero-order valence-electron chi connectivity index (χ0n) is 16.0. The standard InChI is InChI=1S/C21H23N3O4/c1-24-12-10-14(11-13-24)19(25)17-4-3-5-18(22-17)23-20(26)15-6-8-16(9-7-15)21(27)28-2/h3-9,14H,10-13H2,1-2H3,(H,22,23,26). The number of nitrogens with one attached hydrogen (secondary N) is 1. The molecule has 1 amide bonds. The Hall–Kier alpha value is -3.06. The molecule has 1 aromatic heterocycles. The van der Waals surface area contributed by atoms with Crippen molar-refractivity contribution in [2.45, 2.75) is 12.8 Å². The number of Topliss-reactive ketones (excluding diaryl/α,β-unsaturated/α-hetero) is 1. The molecule has 0 spiro atoms. The molecular weight excluding hydrogens is 358 g/mol. The van der Waals surface area contributed by atoms with Crippen molar-refractivity contribution < 1.29 is 19.1 Å². The molecule has 0 bridgehead atoms. The molecule has 1 aliphatic rings. The van der Waals surface area contributed by atoms with Crippen LogP contribution in [-0.2, 0) is 4.74 Å². The first-order valence-electron chi connectivity index (χ1n) is 9.17. The molecule has 0 aliphatic carbocycles. The number of carbonyl (C=O) groups is 3. The molecule has 1 fully saturated rings. The first-order valence-corrected chi connectivity index (χ1v) is 9.17. The van der Waals surface area contributed by atoms with Crippen LogP contribution in [0.1, 0.15) is 44.0 Å². The van der Waals surface area contributed by atoms with Crippen molar-refractivity contribution in [3.63, 3.8) is 0 Å². The van der Waals surface area contributed by atoms with E-state index in [0.717, 1.165) is 25.9 Å². The largest absolute Gasteiger partial charge is 0.465 e. The molecule has 1 aliphatic heterocycles. The molecule has 3 rings (SSSR count). The molecule has 0 atom stereocenters. The van der Waals surface area contributed by atoms with Crippen molar-refractivity contribution >= 4 is 23.5 Å². The minimum Gasteiger partial charge on any atom is -0.465 e. The number of ketones is 1. The Morgan fingerprint density at radius 2 is 1.68 bits per heavy atom. The minimum atomic E-state index is -0.464. The van der Waals surface area contributed by atoms with Crippen LogP contribution in [0.3, 0.4) is 0 Å². The van der Waals surface area contributed by atoms with Gasteiger partial charge in [0, 0.05) is 11.5 Å². The monoisotopic (exact) mass is 381 g/mol. The van der Waals surface area contributed by atoms with Crippen molar-refractivity contribution in [2.75, 3.05) is 32.6 Å². The lowest BCUT2D eigenvalue weighted by Gasteiger charge is -2.27. The van der Waals surface area contributed by atoms with Crippen molar-refractivity contribution in [1.82, 2.24) is 9.88 Å². The zero-order chi connectivity index (χ0) is 20.1. The Kier molecular flexibility index (Phi) is 6.16. The first kappa shape index (κ1) is 19.7. The summed E-state index contributed by atoms with van der Waals surface area (Å²) >= 11 is 0. The van der Waals surface area contributed by atoms with E-state index in [0.29, 0.717) is 22.6 Å². The molecule has 2 aromatic rings. The predicted molar refractivity (Wildman–Crippen MR) is 105 cm³/mol. The van der Waals surface area contributed by atoms with Crippen molar-refractivity contribution in [3.05, 3.63) is 59.3 Å². The molecule has 1 N–H and O–H groups in total. The number of carbonyl (C=O) groups excluding carboxylic acids is 3. The maximum absolute atomic E-state index is 12.7. The van der Waals surface area contributed by atoms with Gasteiger partial charge in [-0.3, -0.25) is 9.59 Å². The van der Waals surface area contributed by atoms with Crippen LogP contribution in [0.5, 0.6) is 0 Å². The number of piperidine rings is 1. The molecule has 28 heavy (non-hydrogen) atoms. The van der Waals surface area contributed by atoms with Gasteiger partial charge in [-0.1, -0.05) is 6.07 Å². The molecule has 0 unspecified atom stereocenters. The Bertz CT molecular complexity index is 871. The molecule has 0 saturated carbocycles. The van der Waals surface area contributed by atoms with E-state index < -0.39 is 5.97 Å². The number of nitrogens with zero attached hydrogens (tertiary/aromatic N) is 2. The lowest BCUT2D eigenvalue weighted by molar-refractivity contribution is 0.0600. The summed E-state index contributed by atoms with van der Waals surface area (Å²) in [4.78, 5) is 43.1. The Labute approximate surface area is 163 Å². The van der Waals surface area contributed by atoms with Crippen molar-refractivity contribution in [2.24, 2.45) is 5.92 Å². The number of likely N-dealkylation sites (tertiary alicyclic amines) is 1. The third-order valence-electron chi connectivity index (χ3n) is 4.90. The third kappa shape index (κ3) is 4.61. The highest BCUT2D eigenvalue weighted by Crippen LogP contribution is 2.21. The van der Waals surface area contributed by atoms with Gasteiger partial charge in [0.1, 0.15) is 11.5 Å². The summed E-state index contributed by atoms with van der Waals surface area (Å²) in [5.41, 5.74) is 1.11. The molecule has 0 radical (unpaired) electrons. The number of ether oxygens (including phenoxy) is 1. The highest BCUT2D eigenvalue weighted by atomic mass is 16.5. The van der Waals surface area contributed by atoms with Crippen LogP contribution in [0.25, 0.3) is 0 Å². The van der Waals surface area contributed by atoms with E-state index in [4.69, 9.17) is 0 Å². The second-order valence-electron chi connectivity index (χ2n) is 6.87. The number of methoxy groups -OCH3 is 1. The van der Waals surface area contributed by atoms with Gasteiger partial charge in [-0.25, -0.2) is 9.78 Å². The first-order chi connectivity index (χ1) is 13.5. The fourth-order valence-corrected chi connectivity index (χ4v) is 3.19. The quantitative estimate of drug-likeness (QED) is 0.633. The number of rotatable bonds is 5. The SMILES string of the molecule is COC(=O)c1ccc(C(=O)Nc2cccc(C(=O)C3CCN(C)CC3)n2)cc1. The number of hydrogen-bond donors (Lipinski definition) is 1. The number of amides is 1. The van der Waals surface area contributed by atoms with Gasteiger partial charge in [0.25, 0.3) is 5.91 Å². The molecule has 1 saturated heterocycles. The summed E-state index contributed by atoms with van der Waals surface area (Å²) in [6, 6.07) is 11.2. The molecule has 146 valence electrons. The van der Waals surface area contributed by atoms with E-state index in [2.05, 4.69) is 19.9 Å². The van der Waals surface area contributed by atoms with E-state index in [1.54, 1.807) is 18.2 Å². The second-order valence-corrected chi connectivity index (χ2v) is 6.87. The van der Waals surface area contributed by atoms with Gasteiger partial charge in [0.15, 0.2) is 5.78 Å². The fraction of sp³-hybridized carbons (Fsp3) is 0.333. The van der Waals surface area contributed by atoms with Gasteiger partial charge in [0.2, 0.25) is 0 Å². The number of hydrogen-bond acceptors (Lipinski definition) is 6. The summed E-state index contributed by atoms with van der Waals surface area (Å²) in [6.45, 7) is 1.79. The summed E-state index contributed by atoms with van der Waals surface area (Å²) < 4.78 is 4.64.